The summed E-state index contributed by atoms with van der Waals surface area (Å²) in [6.45, 7) is 5.83. The van der Waals surface area contributed by atoms with Gasteiger partial charge in [-0.15, -0.1) is 0 Å². The van der Waals surface area contributed by atoms with Crippen molar-refractivity contribution >= 4 is 23.7 Å². The van der Waals surface area contributed by atoms with E-state index < -0.39 is 5.91 Å². The summed E-state index contributed by atoms with van der Waals surface area (Å²) in [6, 6.07) is 21.1. The predicted molar refractivity (Wildman–Crippen MR) is 173 cm³/mol. The summed E-state index contributed by atoms with van der Waals surface area (Å²) in [7, 11) is 1.54. The van der Waals surface area contributed by atoms with Crippen molar-refractivity contribution in [3.63, 3.8) is 0 Å². The Morgan fingerprint density at radius 2 is 1.24 bits per heavy atom. The van der Waals surface area contributed by atoms with Gasteiger partial charge >= 0.3 is 0 Å². The summed E-state index contributed by atoms with van der Waals surface area (Å²) < 4.78 is 16.4. The summed E-state index contributed by atoms with van der Waals surface area (Å²) in [5.74, 6) is -0.829. The minimum absolute atomic E-state index is 0.0553. The molecule has 0 aliphatic rings. The van der Waals surface area contributed by atoms with Crippen molar-refractivity contribution in [3.8, 4) is 22.5 Å². The highest BCUT2D eigenvalue weighted by atomic mass is 16.5. The maximum atomic E-state index is 12.7. The Bertz CT molecular complexity index is 1250. The summed E-state index contributed by atoms with van der Waals surface area (Å²) >= 11 is 0. The number of nitrogens with zero attached hydrogens (tertiary/aromatic N) is 3. The van der Waals surface area contributed by atoms with Crippen LogP contribution in [0.5, 0.6) is 0 Å². The summed E-state index contributed by atoms with van der Waals surface area (Å²) in [4.78, 5) is 48.0. The second-order valence-corrected chi connectivity index (χ2v) is 10.4. The van der Waals surface area contributed by atoms with Crippen LogP contribution in [0.3, 0.4) is 0 Å². The second-order valence-electron chi connectivity index (χ2n) is 10.4. The summed E-state index contributed by atoms with van der Waals surface area (Å²) in [5, 5.41) is 5.51. The quantitative estimate of drug-likeness (QED) is 0.168. The smallest absolute Gasteiger partial charge is 0.239 e. The van der Waals surface area contributed by atoms with Crippen LogP contribution in [0.15, 0.2) is 66.7 Å². The molecule has 0 unspecified atom stereocenters. The van der Waals surface area contributed by atoms with Crippen LogP contribution >= 0.6 is 0 Å². The molecule has 0 saturated heterocycles. The third-order valence-corrected chi connectivity index (χ3v) is 6.66. The van der Waals surface area contributed by atoms with Gasteiger partial charge in [0.2, 0.25) is 23.7 Å². The van der Waals surface area contributed by atoms with Crippen molar-refractivity contribution in [1.82, 2.24) is 20.2 Å². The number of benzene rings is 2. The molecule has 242 valence electrons. The number of amides is 3. The SMILES string of the molecule is CCCCOCCOCCOCCCNC(=O)CN(C)C(=O)CCC(=O)Nc1nc(-c2ccccc2)cc(-c2ccccc2)n1. The van der Waals surface area contributed by atoms with E-state index in [9.17, 15) is 14.4 Å². The topological polar surface area (TPSA) is 132 Å². The Morgan fingerprint density at radius 3 is 1.80 bits per heavy atom. The monoisotopic (exact) mass is 619 g/mol. The van der Waals surface area contributed by atoms with E-state index in [0.29, 0.717) is 57.4 Å². The molecule has 3 rings (SSSR count). The highest BCUT2D eigenvalue weighted by Gasteiger charge is 2.16. The zero-order valence-corrected chi connectivity index (χ0v) is 26.3. The van der Waals surface area contributed by atoms with Crippen LogP contribution in [0.1, 0.15) is 39.0 Å². The van der Waals surface area contributed by atoms with Crippen LogP contribution in [0, 0.1) is 0 Å². The first-order valence-corrected chi connectivity index (χ1v) is 15.5. The summed E-state index contributed by atoms with van der Waals surface area (Å²) in [6.07, 6.45) is 2.69. The van der Waals surface area contributed by atoms with Crippen molar-refractivity contribution in [2.24, 2.45) is 0 Å². The number of carbonyl (C=O) groups is 3. The lowest BCUT2D eigenvalue weighted by Crippen LogP contribution is -2.39. The Hall–Kier alpha value is -4.19. The Kier molecular flexibility index (Phi) is 16.2. The number of anilines is 1. The predicted octanol–water partition coefficient (Wildman–Crippen LogP) is 4.34. The van der Waals surface area contributed by atoms with Gasteiger partial charge in [0.25, 0.3) is 0 Å². The van der Waals surface area contributed by atoms with Gasteiger partial charge in [0.15, 0.2) is 0 Å². The van der Waals surface area contributed by atoms with E-state index in [0.717, 1.165) is 30.6 Å². The van der Waals surface area contributed by atoms with Gasteiger partial charge in [-0.1, -0.05) is 74.0 Å². The minimum atomic E-state index is -0.392. The van der Waals surface area contributed by atoms with Gasteiger partial charge < -0.3 is 24.4 Å². The number of ether oxygens (including phenoxy) is 3. The molecule has 45 heavy (non-hydrogen) atoms. The van der Waals surface area contributed by atoms with Crippen LogP contribution < -0.4 is 10.6 Å². The van der Waals surface area contributed by atoms with Crippen LogP contribution in [0.2, 0.25) is 0 Å². The number of unbranched alkanes of at least 4 members (excludes halogenated alkanes) is 1. The maximum absolute atomic E-state index is 12.7. The molecule has 0 saturated carbocycles. The number of likely N-dealkylation sites (N-methyl/N-ethyl adjacent to an activating group) is 1. The van der Waals surface area contributed by atoms with Gasteiger partial charge in [0, 0.05) is 50.8 Å². The molecule has 0 fully saturated rings. The third-order valence-electron chi connectivity index (χ3n) is 6.66. The van der Waals surface area contributed by atoms with Crippen LogP contribution in [0.25, 0.3) is 22.5 Å². The molecule has 0 radical (unpaired) electrons. The molecule has 11 nitrogen and oxygen atoms in total. The largest absolute Gasteiger partial charge is 0.379 e. The molecular weight excluding hydrogens is 574 g/mol. The van der Waals surface area contributed by atoms with Crippen LogP contribution in [0.4, 0.5) is 5.95 Å². The number of nitrogens with one attached hydrogen (secondary N) is 2. The van der Waals surface area contributed by atoms with E-state index in [1.54, 1.807) is 0 Å². The van der Waals surface area contributed by atoms with Crippen molar-refractivity contribution in [2.45, 2.75) is 39.0 Å². The van der Waals surface area contributed by atoms with Gasteiger partial charge in [-0.3, -0.25) is 19.7 Å². The van der Waals surface area contributed by atoms with Gasteiger partial charge in [-0.25, -0.2) is 9.97 Å². The number of carbonyl (C=O) groups excluding carboxylic acids is 3. The zero-order chi connectivity index (χ0) is 32.1. The average Bonchev–Trinajstić information content (AvgIpc) is 3.06. The lowest BCUT2D eigenvalue weighted by Gasteiger charge is -2.17. The molecule has 3 amide bonds. The maximum Gasteiger partial charge on any atom is 0.239 e. The van der Waals surface area contributed by atoms with Crippen LogP contribution in [-0.4, -0.2) is 92.4 Å². The van der Waals surface area contributed by atoms with E-state index >= 15 is 0 Å². The molecule has 2 aromatic carbocycles. The lowest BCUT2D eigenvalue weighted by molar-refractivity contribution is -0.135. The van der Waals surface area contributed by atoms with Gasteiger partial charge in [-0.2, -0.15) is 0 Å². The Morgan fingerprint density at radius 1 is 0.711 bits per heavy atom. The van der Waals surface area contributed by atoms with Crippen LogP contribution in [-0.2, 0) is 28.6 Å². The molecular formula is C34H45N5O6. The third kappa shape index (κ3) is 14.0. The molecule has 3 aromatic rings. The van der Waals surface area contributed by atoms with E-state index in [4.69, 9.17) is 14.2 Å². The molecule has 0 aliphatic heterocycles. The fourth-order valence-corrected chi connectivity index (χ4v) is 4.17. The number of hydrogen-bond acceptors (Lipinski definition) is 8. The number of aromatic nitrogens is 2. The molecule has 1 heterocycles. The first-order chi connectivity index (χ1) is 22.0. The molecule has 0 aliphatic carbocycles. The molecule has 2 N–H and O–H groups in total. The fraction of sp³-hybridized carbons (Fsp3) is 0.441. The first kappa shape index (κ1) is 35.3. The summed E-state index contributed by atoms with van der Waals surface area (Å²) in [5.41, 5.74) is 3.11. The average molecular weight is 620 g/mol. The Balaban J connectivity index is 1.34. The van der Waals surface area contributed by atoms with Gasteiger partial charge in [-0.05, 0) is 18.9 Å². The molecule has 0 bridgehead atoms. The van der Waals surface area contributed by atoms with Gasteiger partial charge in [0.05, 0.1) is 44.4 Å². The van der Waals surface area contributed by atoms with Crippen molar-refractivity contribution in [1.29, 1.82) is 0 Å². The minimum Gasteiger partial charge on any atom is -0.379 e. The number of rotatable bonds is 21. The zero-order valence-electron chi connectivity index (χ0n) is 26.3. The first-order valence-electron chi connectivity index (χ1n) is 15.5. The van der Waals surface area contributed by atoms with Crippen molar-refractivity contribution in [3.05, 3.63) is 66.7 Å². The lowest BCUT2D eigenvalue weighted by atomic mass is 10.1. The van der Waals surface area contributed by atoms with Crippen molar-refractivity contribution in [2.75, 3.05) is 65.1 Å². The van der Waals surface area contributed by atoms with E-state index in [-0.39, 0.29) is 37.1 Å². The van der Waals surface area contributed by atoms with Crippen molar-refractivity contribution < 1.29 is 28.6 Å². The standard InChI is InChI=1S/C34H45N5O6/c1-3-4-19-43-21-23-45-24-22-44-20-11-18-35-32(41)26-39(2)33(42)17-16-31(40)38-34-36-29(27-12-7-5-8-13-27)25-30(37-34)28-14-9-6-10-15-28/h5-10,12-15,25H,3-4,11,16-24,26H2,1-2H3,(H,35,41)(H,36,37,38,40). The molecule has 1 aromatic heterocycles. The second kappa shape index (κ2) is 20.7. The van der Waals surface area contributed by atoms with Gasteiger partial charge in [0.1, 0.15) is 0 Å². The normalized spacial score (nSPS) is 10.8. The molecule has 0 atom stereocenters. The molecule has 11 heteroatoms. The fourth-order valence-electron chi connectivity index (χ4n) is 4.17. The highest BCUT2D eigenvalue weighted by molar-refractivity contribution is 5.93. The Labute approximate surface area is 265 Å². The number of hydrogen-bond donors (Lipinski definition) is 2. The molecule has 0 spiro atoms. The highest BCUT2D eigenvalue weighted by Crippen LogP contribution is 2.25. The van der Waals surface area contributed by atoms with E-state index in [1.165, 1.54) is 11.9 Å². The van der Waals surface area contributed by atoms with E-state index in [2.05, 4.69) is 27.5 Å². The van der Waals surface area contributed by atoms with E-state index in [1.807, 2.05) is 66.7 Å².